The van der Waals surface area contributed by atoms with Gasteiger partial charge in [0.1, 0.15) is 6.04 Å². The van der Waals surface area contributed by atoms with Gasteiger partial charge in [0.2, 0.25) is 0 Å². The van der Waals surface area contributed by atoms with Crippen molar-refractivity contribution >= 4 is 41.5 Å². The van der Waals surface area contributed by atoms with E-state index in [1.165, 1.54) is 23.9 Å². The Bertz CT molecular complexity index is 864. The van der Waals surface area contributed by atoms with Gasteiger partial charge in [-0.15, -0.1) is 0 Å². The van der Waals surface area contributed by atoms with Gasteiger partial charge in [0.25, 0.3) is 17.7 Å². The lowest BCUT2D eigenvalue weighted by Gasteiger charge is -2.24. The van der Waals surface area contributed by atoms with Gasteiger partial charge in [-0.25, -0.2) is 9.59 Å². The van der Waals surface area contributed by atoms with E-state index in [9.17, 15) is 24.0 Å². The maximum Gasteiger partial charge on any atom is 0.329 e. The molecule has 1 saturated carbocycles. The van der Waals surface area contributed by atoms with E-state index in [0.29, 0.717) is 5.75 Å². The van der Waals surface area contributed by atoms with E-state index in [2.05, 4.69) is 10.6 Å². The molecule has 32 heavy (non-hydrogen) atoms. The summed E-state index contributed by atoms with van der Waals surface area (Å²) in [6.45, 7) is -0.685. The largest absolute Gasteiger partial charge is 0.454 e. The number of nitrogens with zero attached hydrogens (tertiary/aromatic N) is 1. The van der Waals surface area contributed by atoms with Crippen LogP contribution in [-0.2, 0) is 14.3 Å². The highest BCUT2D eigenvalue weighted by atomic mass is 32.2. The summed E-state index contributed by atoms with van der Waals surface area (Å²) in [5.41, 5.74) is 0.466. The summed E-state index contributed by atoms with van der Waals surface area (Å²) in [5.74, 6) is -2.27. The van der Waals surface area contributed by atoms with Gasteiger partial charge in [0.05, 0.1) is 11.1 Å². The Morgan fingerprint density at radius 1 is 1.09 bits per heavy atom. The number of thioether (sulfide) groups is 1. The van der Waals surface area contributed by atoms with Crippen molar-refractivity contribution in [2.75, 3.05) is 18.6 Å². The van der Waals surface area contributed by atoms with Crippen LogP contribution in [0.2, 0.25) is 0 Å². The van der Waals surface area contributed by atoms with Crippen molar-refractivity contribution in [2.45, 2.75) is 50.6 Å². The molecule has 5 amide bonds. The van der Waals surface area contributed by atoms with Crippen LogP contribution in [0.4, 0.5) is 4.79 Å². The Morgan fingerprint density at radius 3 is 2.31 bits per heavy atom. The smallest absolute Gasteiger partial charge is 0.329 e. The molecule has 10 heteroatoms. The number of rotatable bonds is 8. The molecule has 172 valence electrons. The monoisotopic (exact) mass is 461 g/mol. The average Bonchev–Trinajstić information content (AvgIpc) is 3.04. The lowest BCUT2D eigenvalue weighted by molar-refractivity contribution is -0.152. The zero-order chi connectivity index (χ0) is 23.1. The lowest BCUT2D eigenvalue weighted by atomic mass is 9.96. The molecule has 1 aromatic carbocycles. The highest BCUT2D eigenvalue weighted by Crippen LogP contribution is 2.26. The summed E-state index contributed by atoms with van der Waals surface area (Å²) in [6, 6.07) is 4.60. The van der Waals surface area contributed by atoms with Gasteiger partial charge in [-0.1, -0.05) is 31.4 Å². The second-order valence-corrected chi connectivity index (χ2v) is 8.77. The van der Waals surface area contributed by atoms with Crippen molar-refractivity contribution in [2.24, 2.45) is 0 Å². The molecule has 0 aromatic heterocycles. The zero-order valence-electron chi connectivity index (χ0n) is 17.9. The van der Waals surface area contributed by atoms with Gasteiger partial charge < -0.3 is 10.1 Å². The normalized spacial score (nSPS) is 17.0. The number of nitrogens with one attached hydrogen (secondary N) is 2. The molecular weight excluding hydrogens is 434 g/mol. The molecule has 3 rings (SSSR count). The van der Waals surface area contributed by atoms with Crippen molar-refractivity contribution in [3.05, 3.63) is 35.4 Å². The zero-order valence-corrected chi connectivity index (χ0v) is 18.7. The summed E-state index contributed by atoms with van der Waals surface area (Å²) in [7, 11) is 0. The quantitative estimate of drug-likeness (QED) is 0.449. The Kier molecular flexibility index (Phi) is 8.26. The maximum atomic E-state index is 12.7. The number of amides is 5. The van der Waals surface area contributed by atoms with Crippen LogP contribution in [0, 0.1) is 0 Å². The van der Waals surface area contributed by atoms with Crippen LogP contribution in [-0.4, -0.2) is 65.3 Å². The standard InChI is InChI=1S/C22H27N3O6S/c1-32-12-11-17(25-19(27)15-9-5-6-10-16(15)20(25)28)21(29)31-13-18(26)24-22(30)23-14-7-3-2-4-8-14/h5-6,9-10,14,17H,2-4,7-8,11-13H2,1H3,(H2,23,24,26,30)/t17-/m0/s1. The van der Waals surface area contributed by atoms with Crippen LogP contribution in [0.25, 0.3) is 0 Å². The molecule has 0 spiro atoms. The second-order valence-electron chi connectivity index (χ2n) is 7.79. The predicted molar refractivity (Wildman–Crippen MR) is 118 cm³/mol. The molecule has 1 heterocycles. The first-order valence-corrected chi connectivity index (χ1v) is 12.0. The topological polar surface area (TPSA) is 122 Å². The van der Waals surface area contributed by atoms with E-state index < -0.39 is 42.4 Å². The third-order valence-corrected chi connectivity index (χ3v) is 6.19. The Hall–Kier alpha value is -2.88. The van der Waals surface area contributed by atoms with Crippen molar-refractivity contribution in [3.63, 3.8) is 0 Å². The number of hydrogen-bond donors (Lipinski definition) is 2. The number of carbonyl (C=O) groups is 5. The Morgan fingerprint density at radius 2 is 1.72 bits per heavy atom. The van der Waals surface area contributed by atoms with Crippen LogP contribution in [0.15, 0.2) is 24.3 Å². The maximum absolute atomic E-state index is 12.7. The first-order chi connectivity index (χ1) is 15.4. The summed E-state index contributed by atoms with van der Waals surface area (Å²) >= 11 is 1.45. The SMILES string of the molecule is CSCC[C@@H](C(=O)OCC(=O)NC(=O)NC1CCCCC1)N1C(=O)c2ccccc2C1=O. The highest BCUT2D eigenvalue weighted by Gasteiger charge is 2.43. The fraction of sp³-hybridized carbons (Fsp3) is 0.500. The van der Waals surface area contributed by atoms with Gasteiger partial charge in [-0.2, -0.15) is 11.8 Å². The summed E-state index contributed by atoms with van der Waals surface area (Å²) < 4.78 is 5.08. The van der Waals surface area contributed by atoms with Crippen LogP contribution in [0.1, 0.15) is 59.2 Å². The number of urea groups is 1. The minimum atomic E-state index is -1.15. The van der Waals surface area contributed by atoms with Gasteiger partial charge in [-0.3, -0.25) is 24.6 Å². The third-order valence-electron chi connectivity index (χ3n) is 5.54. The van der Waals surface area contributed by atoms with Crippen molar-refractivity contribution < 1.29 is 28.7 Å². The van der Waals surface area contributed by atoms with Gasteiger partial charge in [0.15, 0.2) is 6.61 Å². The highest BCUT2D eigenvalue weighted by molar-refractivity contribution is 7.98. The van der Waals surface area contributed by atoms with Gasteiger partial charge in [-0.05, 0) is 43.4 Å². The number of benzene rings is 1. The first-order valence-electron chi connectivity index (χ1n) is 10.6. The van der Waals surface area contributed by atoms with Crippen LogP contribution in [0.3, 0.4) is 0 Å². The van der Waals surface area contributed by atoms with E-state index >= 15 is 0 Å². The minimum absolute atomic E-state index is 0.0313. The number of carbonyl (C=O) groups excluding carboxylic acids is 5. The molecule has 1 aromatic rings. The van der Waals surface area contributed by atoms with Crippen LogP contribution in [0.5, 0.6) is 0 Å². The molecule has 1 aliphatic heterocycles. The molecule has 9 nitrogen and oxygen atoms in total. The average molecular weight is 462 g/mol. The Balaban J connectivity index is 1.57. The molecule has 0 bridgehead atoms. The molecule has 1 atom stereocenters. The van der Waals surface area contributed by atoms with Crippen molar-refractivity contribution in [1.29, 1.82) is 0 Å². The summed E-state index contributed by atoms with van der Waals surface area (Å²) in [5, 5.41) is 4.89. The van der Waals surface area contributed by atoms with E-state index in [1.54, 1.807) is 12.1 Å². The van der Waals surface area contributed by atoms with E-state index in [4.69, 9.17) is 4.74 Å². The molecule has 1 fully saturated rings. The molecule has 0 unspecified atom stereocenters. The molecule has 2 N–H and O–H groups in total. The minimum Gasteiger partial charge on any atom is -0.454 e. The van der Waals surface area contributed by atoms with Gasteiger partial charge in [0, 0.05) is 6.04 Å². The molecule has 0 radical (unpaired) electrons. The summed E-state index contributed by atoms with van der Waals surface area (Å²) in [4.78, 5) is 63.2. The molecule has 1 aliphatic carbocycles. The first kappa shape index (κ1) is 23.8. The fourth-order valence-electron chi connectivity index (χ4n) is 3.94. The van der Waals surface area contributed by atoms with Crippen molar-refractivity contribution in [3.8, 4) is 0 Å². The predicted octanol–water partition coefficient (Wildman–Crippen LogP) is 2.11. The van der Waals surface area contributed by atoms with Gasteiger partial charge >= 0.3 is 12.0 Å². The van der Waals surface area contributed by atoms with Crippen LogP contribution < -0.4 is 10.6 Å². The number of ether oxygens (including phenoxy) is 1. The lowest BCUT2D eigenvalue weighted by Crippen LogP contribution is -2.48. The van der Waals surface area contributed by atoms with E-state index in [-0.39, 0.29) is 23.6 Å². The Labute approximate surface area is 190 Å². The van der Waals surface area contributed by atoms with Crippen LogP contribution >= 0.6 is 11.8 Å². The second kappa shape index (κ2) is 11.1. The number of fused-ring (bicyclic) bond motifs is 1. The fourth-order valence-corrected chi connectivity index (χ4v) is 4.40. The molecule has 2 aliphatic rings. The summed E-state index contributed by atoms with van der Waals surface area (Å²) in [6.07, 6.45) is 6.97. The van der Waals surface area contributed by atoms with Crippen molar-refractivity contribution in [1.82, 2.24) is 15.5 Å². The third kappa shape index (κ3) is 5.67. The van der Waals surface area contributed by atoms with E-state index in [0.717, 1.165) is 37.0 Å². The number of hydrogen-bond acceptors (Lipinski definition) is 7. The molecule has 0 saturated heterocycles. The number of esters is 1. The molecular formula is C22H27N3O6S. The van der Waals surface area contributed by atoms with E-state index in [1.807, 2.05) is 6.26 Å². The number of imide groups is 2.